The molecule has 1 N–H and O–H groups in total. The first-order valence-corrected chi connectivity index (χ1v) is 14.4. The second-order valence-corrected chi connectivity index (χ2v) is 11.6. The molecule has 3 aromatic rings. The molecule has 0 radical (unpaired) electrons. The summed E-state index contributed by atoms with van der Waals surface area (Å²) >= 11 is 0. The molecule has 0 saturated carbocycles. The lowest BCUT2D eigenvalue weighted by molar-refractivity contribution is -0.139. The Labute approximate surface area is 230 Å². The van der Waals surface area contributed by atoms with Gasteiger partial charge < -0.3 is 10.2 Å². The number of halogens is 1. The van der Waals surface area contributed by atoms with Gasteiger partial charge in [-0.3, -0.25) is 13.9 Å². The van der Waals surface area contributed by atoms with Crippen molar-refractivity contribution in [3.8, 4) is 0 Å². The zero-order valence-corrected chi connectivity index (χ0v) is 23.8. The molecule has 0 aliphatic rings. The molecule has 208 valence electrons. The minimum absolute atomic E-state index is 0.00163. The van der Waals surface area contributed by atoms with Gasteiger partial charge in [0.1, 0.15) is 18.4 Å². The predicted molar refractivity (Wildman–Crippen MR) is 151 cm³/mol. The third-order valence-electron chi connectivity index (χ3n) is 6.77. The van der Waals surface area contributed by atoms with Gasteiger partial charge in [0.2, 0.25) is 11.8 Å². The highest BCUT2D eigenvalue weighted by molar-refractivity contribution is 7.92. The van der Waals surface area contributed by atoms with Crippen LogP contribution in [0.5, 0.6) is 0 Å². The van der Waals surface area contributed by atoms with Crippen molar-refractivity contribution in [2.45, 2.75) is 64.6 Å². The molecule has 0 heterocycles. The van der Waals surface area contributed by atoms with Crippen LogP contribution in [-0.2, 0) is 26.2 Å². The first kappa shape index (κ1) is 29.8. The lowest BCUT2D eigenvalue weighted by Gasteiger charge is -2.32. The number of nitrogens with zero attached hydrogens (tertiary/aromatic N) is 2. The van der Waals surface area contributed by atoms with Gasteiger partial charge >= 0.3 is 0 Å². The van der Waals surface area contributed by atoms with Crippen LogP contribution in [0.4, 0.5) is 10.1 Å². The molecular formula is C30H36FN3O4S. The van der Waals surface area contributed by atoms with Crippen molar-refractivity contribution in [1.29, 1.82) is 0 Å². The molecule has 2 atom stereocenters. The molecule has 3 aromatic carbocycles. The second-order valence-electron chi connectivity index (χ2n) is 9.74. The molecule has 7 nitrogen and oxygen atoms in total. The zero-order valence-electron chi connectivity index (χ0n) is 23.0. The van der Waals surface area contributed by atoms with Gasteiger partial charge in [0.25, 0.3) is 10.0 Å². The number of sulfonamides is 1. The predicted octanol–water partition coefficient (Wildman–Crippen LogP) is 4.97. The van der Waals surface area contributed by atoms with E-state index in [1.54, 1.807) is 19.1 Å². The Morgan fingerprint density at radius 2 is 1.54 bits per heavy atom. The van der Waals surface area contributed by atoms with Crippen molar-refractivity contribution in [2.75, 3.05) is 10.8 Å². The number of amides is 2. The van der Waals surface area contributed by atoms with Gasteiger partial charge in [0.05, 0.1) is 10.6 Å². The number of hydrogen-bond acceptors (Lipinski definition) is 4. The van der Waals surface area contributed by atoms with E-state index in [-0.39, 0.29) is 29.1 Å². The largest absolute Gasteiger partial charge is 0.352 e. The monoisotopic (exact) mass is 553 g/mol. The Morgan fingerprint density at radius 3 is 2.13 bits per heavy atom. The topological polar surface area (TPSA) is 86.8 Å². The van der Waals surface area contributed by atoms with Gasteiger partial charge in [-0.15, -0.1) is 0 Å². The highest BCUT2D eigenvalue weighted by Crippen LogP contribution is 2.25. The van der Waals surface area contributed by atoms with Crippen molar-refractivity contribution in [1.82, 2.24) is 10.2 Å². The minimum Gasteiger partial charge on any atom is -0.352 e. The number of carbonyl (C=O) groups is 2. The fraction of sp³-hybridized carbons (Fsp3) is 0.333. The van der Waals surface area contributed by atoms with E-state index in [1.807, 2.05) is 52.0 Å². The summed E-state index contributed by atoms with van der Waals surface area (Å²) in [6, 6.07) is 17.8. The van der Waals surface area contributed by atoms with E-state index < -0.39 is 34.3 Å². The number of hydrogen-bond donors (Lipinski definition) is 1. The highest BCUT2D eigenvalue weighted by atomic mass is 32.2. The van der Waals surface area contributed by atoms with Crippen LogP contribution >= 0.6 is 0 Å². The number of rotatable bonds is 11. The fourth-order valence-electron chi connectivity index (χ4n) is 3.99. The van der Waals surface area contributed by atoms with Gasteiger partial charge in [-0.1, -0.05) is 48.9 Å². The van der Waals surface area contributed by atoms with Crippen molar-refractivity contribution in [2.24, 2.45) is 0 Å². The molecule has 2 amide bonds. The number of anilines is 1. The van der Waals surface area contributed by atoms with Crippen molar-refractivity contribution in [3.63, 3.8) is 0 Å². The molecule has 39 heavy (non-hydrogen) atoms. The standard InChI is InChI=1S/C30H36FN3O4S/c1-6-23(4)32-30(36)24(5)33(19-25-10-8-7-9-22(25)3)29(35)20-34(27-15-13-26(31)14-16-27)39(37,38)28-17-11-21(2)12-18-28/h7-18,23-24H,6,19-20H2,1-5H3,(H,32,36)/t23-,24+/m1/s1. The van der Waals surface area contributed by atoms with Crippen LogP contribution in [0.25, 0.3) is 0 Å². The summed E-state index contributed by atoms with van der Waals surface area (Å²) in [7, 11) is -4.20. The Balaban J connectivity index is 2.03. The maximum absolute atomic E-state index is 13.9. The number of nitrogens with one attached hydrogen (secondary N) is 1. The molecule has 0 aliphatic heterocycles. The van der Waals surface area contributed by atoms with E-state index >= 15 is 0 Å². The van der Waals surface area contributed by atoms with E-state index in [0.717, 1.165) is 39.5 Å². The third-order valence-corrected chi connectivity index (χ3v) is 8.56. The molecule has 9 heteroatoms. The van der Waals surface area contributed by atoms with Gasteiger partial charge in [-0.25, -0.2) is 12.8 Å². The van der Waals surface area contributed by atoms with E-state index in [0.29, 0.717) is 0 Å². The van der Waals surface area contributed by atoms with Crippen LogP contribution in [0, 0.1) is 19.7 Å². The summed E-state index contributed by atoms with van der Waals surface area (Å²) < 4.78 is 42.2. The number of aryl methyl sites for hydroxylation is 2. The molecule has 0 unspecified atom stereocenters. The highest BCUT2D eigenvalue weighted by Gasteiger charge is 2.33. The quantitative estimate of drug-likeness (QED) is 0.363. The van der Waals surface area contributed by atoms with E-state index in [1.165, 1.54) is 29.2 Å². The summed E-state index contributed by atoms with van der Waals surface area (Å²) in [5, 5.41) is 2.91. The van der Waals surface area contributed by atoms with Gasteiger partial charge in [-0.2, -0.15) is 0 Å². The molecule has 0 aliphatic carbocycles. The van der Waals surface area contributed by atoms with Gasteiger partial charge in [-0.05, 0) is 81.6 Å². The lowest BCUT2D eigenvalue weighted by atomic mass is 10.1. The Bertz CT molecular complexity index is 1390. The van der Waals surface area contributed by atoms with Crippen LogP contribution in [-0.4, -0.2) is 43.8 Å². The maximum atomic E-state index is 13.9. The molecule has 0 fully saturated rings. The normalized spacial score (nSPS) is 12.9. The summed E-state index contributed by atoms with van der Waals surface area (Å²) in [6.07, 6.45) is 0.720. The Hall–Kier alpha value is -3.72. The SMILES string of the molecule is CC[C@@H](C)NC(=O)[C@H](C)N(Cc1ccccc1C)C(=O)CN(c1ccc(F)cc1)S(=O)(=O)c1ccc(C)cc1. The number of carbonyl (C=O) groups excluding carboxylic acids is 2. The minimum atomic E-state index is -4.20. The number of benzene rings is 3. The van der Waals surface area contributed by atoms with Gasteiger partial charge in [0.15, 0.2) is 0 Å². The van der Waals surface area contributed by atoms with Crippen molar-refractivity contribution >= 4 is 27.5 Å². The molecule has 0 spiro atoms. The lowest BCUT2D eigenvalue weighted by Crippen LogP contribution is -2.52. The summed E-state index contributed by atoms with van der Waals surface area (Å²) in [5.74, 6) is -1.43. The smallest absolute Gasteiger partial charge is 0.264 e. The zero-order chi connectivity index (χ0) is 28.7. The average Bonchev–Trinajstić information content (AvgIpc) is 2.91. The van der Waals surface area contributed by atoms with Crippen LogP contribution < -0.4 is 9.62 Å². The first-order chi connectivity index (χ1) is 18.4. The van der Waals surface area contributed by atoms with Crippen LogP contribution in [0.1, 0.15) is 43.9 Å². The Kier molecular flexibility index (Phi) is 9.86. The summed E-state index contributed by atoms with van der Waals surface area (Å²) in [6.45, 7) is 8.74. The fourth-order valence-corrected chi connectivity index (χ4v) is 5.41. The van der Waals surface area contributed by atoms with Crippen LogP contribution in [0.3, 0.4) is 0 Å². The average molecular weight is 554 g/mol. The molecule has 0 aromatic heterocycles. The van der Waals surface area contributed by atoms with Crippen molar-refractivity contribution < 1.29 is 22.4 Å². The van der Waals surface area contributed by atoms with Crippen LogP contribution in [0.2, 0.25) is 0 Å². The molecule has 3 rings (SSSR count). The summed E-state index contributed by atoms with van der Waals surface area (Å²) in [4.78, 5) is 28.4. The maximum Gasteiger partial charge on any atom is 0.264 e. The molecule has 0 saturated heterocycles. The van der Waals surface area contributed by atoms with Gasteiger partial charge in [0, 0.05) is 12.6 Å². The van der Waals surface area contributed by atoms with E-state index in [2.05, 4.69) is 5.32 Å². The molecule has 0 bridgehead atoms. The summed E-state index contributed by atoms with van der Waals surface area (Å²) in [5.41, 5.74) is 2.79. The first-order valence-electron chi connectivity index (χ1n) is 12.9. The van der Waals surface area contributed by atoms with E-state index in [9.17, 15) is 22.4 Å². The molecular weight excluding hydrogens is 517 g/mol. The van der Waals surface area contributed by atoms with E-state index in [4.69, 9.17) is 0 Å². The Morgan fingerprint density at radius 1 is 0.923 bits per heavy atom. The van der Waals surface area contributed by atoms with Crippen LogP contribution in [0.15, 0.2) is 77.7 Å². The van der Waals surface area contributed by atoms with Crippen molar-refractivity contribution in [3.05, 3.63) is 95.3 Å². The third kappa shape index (κ3) is 7.44. The second kappa shape index (κ2) is 12.9.